The molecule has 0 spiro atoms. The molecule has 0 aliphatic rings. The van der Waals surface area contributed by atoms with Gasteiger partial charge in [-0.25, -0.2) is 14.8 Å². The second-order valence-corrected chi connectivity index (χ2v) is 5.14. The van der Waals surface area contributed by atoms with Gasteiger partial charge in [-0.15, -0.1) is 11.3 Å². The van der Waals surface area contributed by atoms with Crippen LogP contribution in [0.1, 0.15) is 32.3 Å². The van der Waals surface area contributed by atoms with Gasteiger partial charge in [0.05, 0.1) is 12.1 Å². The van der Waals surface area contributed by atoms with Gasteiger partial charge in [-0.05, 0) is 25.5 Å². The lowest BCUT2D eigenvalue weighted by Crippen LogP contribution is -2.06. The molecule has 7 heteroatoms. The zero-order valence-electron chi connectivity index (χ0n) is 11.0. The molecule has 0 fully saturated rings. The van der Waals surface area contributed by atoms with Gasteiger partial charge in [0.15, 0.2) is 5.69 Å². The van der Waals surface area contributed by atoms with Crippen molar-refractivity contribution in [2.75, 3.05) is 5.32 Å². The summed E-state index contributed by atoms with van der Waals surface area (Å²) in [5, 5.41) is 23.1. The molecule has 0 aliphatic carbocycles. The average Bonchev–Trinajstić information content (AvgIpc) is 2.84. The van der Waals surface area contributed by atoms with Gasteiger partial charge in [0, 0.05) is 11.1 Å². The lowest BCUT2D eigenvalue weighted by Gasteiger charge is -2.08. The zero-order chi connectivity index (χ0) is 14.7. The van der Waals surface area contributed by atoms with Gasteiger partial charge in [-0.1, -0.05) is 0 Å². The van der Waals surface area contributed by atoms with E-state index in [2.05, 4.69) is 21.4 Å². The Balaban J connectivity index is 2.18. The van der Waals surface area contributed by atoms with Crippen LogP contribution >= 0.6 is 11.3 Å². The quantitative estimate of drug-likeness (QED) is 0.895. The molecule has 0 bridgehead atoms. The third-order valence-corrected chi connectivity index (χ3v) is 3.48. The maximum Gasteiger partial charge on any atom is 0.355 e. The molecule has 0 amide bonds. The van der Waals surface area contributed by atoms with Gasteiger partial charge in [0.1, 0.15) is 16.9 Å². The molecule has 2 rings (SSSR count). The largest absolute Gasteiger partial charge is 0.476 e. The van der Waals surface area contributed by atoms with Crippen LogP contribution in [0.2, 0.25) is 0 Å². The number of thiazole rings is 1. The number of anilines is 1. The SMILES string of the molecule is Cc1cc(C)c(C#N)c(NCc2nc(C(=O)O)cs2)n1. The molecule has 0 saturated heterocycles. The Morgan fingerprint density at radius 1 is 1.50 bits per heavy atom. The molecule has 2 N–H and O–H groups in total. The topological polar surface area (TPSA) is 98.9 Å². The summed E-state index contributed by atoms with van der Waals surface area (Å²) in [6.45, 7) is 4.04. The number of hydrogen-bond acceptors (Lipinski definition) is 6. The molecule has 0 saturated carbocycles. The molecule has 2 aromatic heterocycles. The van der Waals surface area contributed by atoms with Gasteiger partial charge in [0.25, 0.3) is 0 Å². The summed E-state index contributed by atoms with van der Waals surface area (Å²) < 4.78 is 0. The molecule has 0 atom stereocenters. The van der Waals surface area contributed by atoms with Crippen molar-refractivity contribution in [3.8, 4) is 6.07 Å². The highest BCUT2D eigenvalue weighted by molar-refractivity contribution is 7.09. The third-order valence-electron chi connectivity index (χ3n) is 2.63. The Bertz CT molecular complexity index is 703. The second kappa shape index (κ2) is 5.67. The lowest BCUT2D eigenvalue weighted by atomic mass is 10.1. The van der Waals surface area contributed by atoms with Crippen molar-refractivity contribution in [1.29, 1.82) is 5.26 Å². The molecule has 102 valence electrons. The first-order valence-corrected chi connectivity index (χ1v) is 6.69. The van der Waals surface area contributed by atoms with Crippen LogP contribution in [0, 0.1) is 25.2 Å². The Morgan fingerprint density at radius 3 is 2.85 bits per heavy atom. The van der Waals surface area contributed by atoms with E-state index in [9.17, 15) is 4.79 Å². The van der Waals surface area contributed by atoms with E-state index in [0.717, 1.165) is 11.3 Å². The van der Waals surface area contributed by atoms with E-state index >= 15 is 0 Å². The van der Waals surface area contributed by atoms with Gasteiger partial charge >= 0.3 is 5.97 Å². The highest BCUT2D eigenvalue weighted by Gasteiger charge is 2.11. The van der Waals surface area contributed by atoms with Crippen molar-refractivity contribution in [3.05, 3.63) is 39.0 Å². The van der Waals surface area contributed by atoms with Gasteiger partial charge in [-0.3, -0.25) is 0 Å². The van der Waals surface area contributed by atoms with Crippen LogP contribution in [-0.2, 0) is 6.54 Å². The Kier molecular flexibility index (Phi) is 3.96. The van der Waals surface area contributed by atoms with Crippen molar-refractivity contribution in [2.24, 2.45) is 0 Å². The highest BCUT2D eigenvalue weighted by atomic mass is 32.1. The van der Waals surface area contributed by atoms with E-state index in [-0.39, 0.29) is 5.69 Å². The minimum atomic E-state index is -1.05. The number of rotatable bonds is 4. The fourth-order valence-electron chi connectivity index (χ4n) is 1.76. The van der Waals surface area contributed by atoms with E-state index in [1.807, 2.05) is 19.9 Å². The number of carboxylic acid groups (broad SMARTS) is 1. The number of carbonyl (C=O) groups is 1. The molecular weight excluding hydrogens is 276 g/mol. The van der Waals surface area contributed by atoms with E-state index in [4.69, 9.17) is 10.4 Å². The number of aryl methyl sites for hydroxylation is 2. The predicted molar refractivity (Wildman–Crippen MR) is 74.8 cm³/mol. The summed E-state index contributed by atoms with van der Waals surface area (Å²) in [6, 6.07) is 3.96. The molecule has 20 heavy (non-hydrogen) atoms. The van der Waals surface area contributed by atoms with Crippen LogP contribution in [0.3, 0.4) is 0 Å². The first-order valence-electron chi connectivity index (χ1n) is 5.81. The number of pyridine rings is 1. The molecule has 0 aromatic carbocycles. The van der Waals surface area contributed by atoms with Crippen LogP contribution in [0.4, 0.5) is 5.82 Å². The van der Waals surface area contributed by atoms with E-state index < -0.39 is 5.97 Å². The minimum Gasteiger partial charge on any atom is -0.476 e. The van der Waals surface area contributed by atoms with Crippen LogP contribution in [-0.4, -0.2) is 21.0 Å². The van der Waals surface area contributed by atoms with E-state index in [0.29, 0.717) is 22.9 Å². The van der Waals surface area contributed by atoms with Crippen molar-refractivity contribution < 1.29 is 9.90 Å². The number of nitrogens with zero attached hydrogens (tertiary/aromatic N) is 3. The molecule has 0 radical (unpaired) electrons. The Morgan fingerprint density at radius 2 is 2.25 bits per heavy atom. The molecule has 2 heterocycles. The summed E-state index contributed by atoms with van der Waals surface area (Å²) in [6.07, 6.45) is 0. The van der Waals surface area contributed by atoms with E-state index in [1.165, 1.54) is 16.7 Å². The first kappa shape index (κ1) is 14.0. The molecule has 2 aromatic rings. The summed E-state index contributed by atoms with van der Waals surface area (Å²) in [5.74, 6) is -0.549. The molecule has 6 nitrogen and oxygen atoms in total. The van der Waals surface area contributed by atoms with Crippen LogP contribution < -0.4 is 5.32 Å². The van der Waals surface area contributed by atoms with Gasteiger partial charge in [0.2, 0.25) is 0 Å². The summed E-state index contributed by atoms with van der Waals surface area (Å²) >= 11 is 1.25. The number of aromatic carboxylic acids is 1. The fourth-order valence-corrected chi connectivity index (χ4v) is 2.46. The minimum absolute atomic E-state index is 0.0284. The smallest absolute Gasteiger partial charge is 0.355 e. The summed E-state index contributed by atoms with van der Waals surface area (Å²) in [7, 11) is 0. The summed E-state index contributed by atoms with van der Waals surface area (Å²) in [5.41, 5.74) is 2.19. The first-order chi connectivity index (χ1) is 9.51. The maximum atomic E-state index is 10.7. The normalized spacial score (nSPS) is 10.1. The van der Waals surface area contributed by atoms with Crippen molar-refractivity contribution in [3.63, 3.8) is 0 Å². The zero-order valence-corrected chi connectivity index (χ0v) is 11.8. The lowest BCUT2D eigenvalue weighted by molar-refractivity contribution is 0.0691. The number of aromatic nitrogens is 2. The van der Waals surface area contributed by atoms with Crippen molar-refractivity contribution in [1.82, 2.24) is 9.97 Å². The van der Waals surface area contributed by atoms with Crippen LogP contribution in [0.25, 0.3) is 0 Å². The van der Waals surface area contributed by atoms with E-state index in [1.54, 1.807) is 0 Å². The molecule has 0 aliphatic heterocycles. The second-order valence-electron chi connectivity index (χ2n) is 4.20. The predicted octanol–water partition coefficient (Wildman–Crippen LogP) is 2.34. The number of nitriles is 1. The Labute approximate surface area is 119 Å². The maximum absolute atomic E-state index is 10.7. The number of carboxylic acids is 1. The third kappa shape index (κ3) is 2.92. The fraction of sp³-hybridized carbons (Fsp3) is 0.231. The molecule has 0 unspecified atom stereocenters. The standard InChI is InChI=1S/C13H12N4O2S/c1-7-3-8(2)16-12(9(7)4-14)15-5-11-17-10(6-20-11)13(18)19/h3,6H,5H2,1-2H3,(H,15,16)(H,18,19). The Hall–Kier alpha value is -2.46. The van der Waals surface area contributed by atoms with Gasteiger partial charge < -0.3 is 10.4 Å². The highest BCUT2D eigenvalue weighted by Crippen LogP contribution is 2.19. The van der Waals surface area contributed by atoms with Crippen molar-refractivity contribution >= 4 is 23.1 Å². The molecular formula is C13H12N4O2S. The number of hydrogen-bond donors (Lipinski definition) is 2. The monoisotopic (exact) mass is 288 g/mol. The number of nitrogens with one attached hydrogen (secondary N) is 1. The van der Waals surface area contributed by atoms with Crippen LogP contribution in [0.15, 0.2) is 11.4 Å². The van der Waals surface area contributed by atoms with Crippen molar-refractivity contribution in [2.45, 2.75) is 20.4 Å². The average molecular weight is 288 g/mol. The van der Waals surface area contributed by atoms with Crippen LogP contribution in [0.5, 0.6) is 0 Å². The summed E-state index contributed by atoms with van der Waals surface area (Å²) in [4.78, 5) is 19.0. The van der Waals surface area contributed by atoms with Gasteiger partial charge in [-0.2, -0.15) is 5.26 Å².